The van der Waals surface area contributed by atoms with Crippen molar-refractivity contribution in [3.05, 3.63) is 11.4 Å². The van der Waals surface area contributed by atoms with Crippen LogP contribution in [-0.4, -0.2) is 58.8 Å². The topological polar surface area (TPSA) is 73.9 Å². The molecule has 1 amide bonds. The Morgan fingerprint density at radius 2 is 2.04 bits per heavy atom. The van der Waals surface area contributed by atoms with E-state index in [0.29, 0.717) is 30.8 Å². The van der Waals surface area contributed by atoms with Crippen molar-refractivity contribution in [3.63, 3.8) is 0 Å². The highest BCUT2D eigenvalue weighted by atomic mass is 19.3. The Hall–Kier alpha value is -1.57. The van der Waals surface area contributed by atoms with Gasteiger partial charge in [-0.3, -0.25) is 4.79 Å². The molecular formula is C15H23F2N5O. The summed E-state index contributed by atoms with van der Waals surface area (Å²) in [6, 6.07) is 0. The molecule has 2 N–H and O–H groups in total. The van der Waals surface area contributed by atoms with Crippen molar-refractivity contribution in [2.24, 2.45) is 5.92 Å². The average molecular weight is 327 g/mol. The van der Waals surface area contributed by atoms with E-state index < -0.39 is 5.92 Å². The molecule has 1 aromatic heterocycles. The average Bonchev–Trinajstić information content (AvgIpc) is 3.18. The second-order valence-corrected chi connectivity index (χ2v) is 6.73. The zero-order chi connectivity index (χ0) is 16.4. The van der Waals surface area contributed by atoms with Gasteiger partial charge < -0.3 is 10.2 Å². The van der Waals surface area contributed by atoms with E-state index in [1.807, 2.05) is 0 Å². The number of aromatic amines is 1. The monoisotopic (exact) mass is 327 g/mol. The summed E-state index contributed by atoms with van der Waals surface area (Å²) in [7, 11) is 1.71. The molecule has 0 spiro atoms. The minimum absolute atomic E-state index is 0.0807. The molecule has 1 unspecified atom stereocenters. The predicted octanol–water partition coefficient (Wildman–Crippen LogP) is 1.78. The smallest absolute Gasteiger partial charge is 0.276 e. The highest BCUT2D eigenvalue weighted by Crippen LogP contribution is 2.36. The van der Waals surface area contributed by atoms with Crippen LogP contribution < -0.4 is 5.32 Å². The number of hydrogen-bond donors (Lipinski definition) is 2. The number of rotatable bonds is 4. The number of hydrogen-bond acceptors (Lipinski definition) is 4. The van der Waals surface area contributed by atoms with Crippen LogP contribution >= 0.6 is 0 Å². The third-order valence-electron chi connectivity index (χ3n) is 4.94. The van der Waals surface area contributed by atoms with Crippen LogP contribution in [0.1, 0.15) is 54.2 Å². The molecule has 1 aliphatic heterocycles. The standard InChI is InChI=1S/C15H23F2N5O/c1-22(9-10-2-5-15(16,17)6-3-10)14(23)13-12(19-21-20-13)11-4-7-18-8-11/h10-11,18H,2-9H2,1H3,(H,19,20,21). The fraction of sp³-hybridized carbons (Fsp3) is 0.800. The zero-order valence-corrected chi connectivity index (χ0v) is 13.3. The summed E-state index contributed by atoms with van der Waals surface area (Å²) in [5.74, 6) is -2.38. The molecule has 0 bridgehead atoms. The van der Waals surface area contributed by atoms with Gasteiger partial charge in [0, 0.05) is 38.9 Å². The first-order valence-electron chi connectivity index (χ1n) is 8.21. The number of alkyl halides is 2. The van der Waals surface area contributed by atoms with Gasteiger partial charge in [-0.05, 0) is 31.7 Å². The first-order valence-corrected chi connectivity index (χ1v) is 8.21. The molecule has 0 radical (unpaired) electrons. The van der Waals surface area contributed by atoms with Gasteiger partial charge in [0.25, 0.3) is 5.91 Å². The summed E-state index contributed by atoms with van der Waals surface area (Å²) in [6.45, 7) is 2.20. The summed E-state index contributed by atoms with van der Waals surface area (Å²) in [6.07, 6.45) is 1.70. The third-order valence-corrected chi connectivity index (χ3v) is 4.94. The van der Waals surface area contributed by atoms with Crippen LogP contribution in [0.4, 0.5) is 8.78 Å². The minimum atomic E-state index is -2.53. The van der Waals surface area contributed by atoms with E-state index in [0.717, 1.165) is 19.5 Å². The third kappa shape index (κ3) is 3.68. The van der Waals surface area contributed by atoms with Crippen molar-refractivity contribution in [3.8, 4) is 0 Å². The molecule has 3 rings (SSSR count). The summed E-state index contributed by atoms with van der Waals surface area (Å²) < 4.78 is 26.4. The van der Waals surface area contributed by atoms with Crippen molar-refractivity contribution in [1.82, 2.24) is 25.6 Å². The highest BCUT2D eigenvalue weighted by molar-refractivity contribution is 5.93. The second kappa shape index (κ2) is 6.51. The van der Waals surface area contributed by atoms with Crippen LogP contribution in [-0.2, 0) is 0 Å². The number of carbonyl (C=O) groups is 1. The molecule has 23 heavy (non-hydrogen) atoms. The lowest BCUT2D eigenvalue weighted by atomic mass is 9.86. The van der Waals surface area contributed by atoms with Gasteiger partial charge in [-0.15, -0.1) is 0 Å². The highest BCUT2D eigenvalue weighted by Gasteiger charge is 2.36. The Morgan fingerprint density at radius 3 is 2.70 bits per heavy atom. The van der Waals surface area contributed by atoms with Crippen LogP contribution in [0.3, 0.4) is 0 Å². The van der Waals surface area contributed by atoms with E-state index in [9.17, 15) is 13.6 Å². The molecule has 1 aliphatic carbocycles. The Balaban J connectivity index is 1.61. The Labute approximate surface area is 134 Å². The zero-order valence-electron chi connectivity index (χ0n) is 13.3. The van der Waals surface area contributed by atoms with Crippen molar-refractivity contribution in [1.29, 1.82) is 0 Å². The maximum atomic E-state index is 13.2. The lowest BCUT2D eigenvalue weighted by Gasteiger charge is -2.31. The summed E-state index contributed by atoms with van der Waals surface area (Å²) in [5.41, 5.74) is 1.07. The maximum Gasteiger partial charge on any atom is 0.276 e. The van der Waals surface area contributed by atoms with Crippen LogP contribution in [0, 0.1) is 5.92 Å². The number of amides is 1. The number of nitrogens with zero attached hydrogens (tertiary/aromatic N) is 3. The lowest BCUT2D eigenvalue weighted by molar-refractivity contribution is -0.0475. The molecule has 2 aliphatic rings. The van der Waals surface area contributed by atoms with E-state index in [4.69, 9.17) is 0 Å². The van der Waals surface area contributed by atoms with Gasteiger partial charge >= 0.3 is 0 Å². The van der Waals surface area contributed by atoms with Crippen molar-refractivity contribution in [2.75, 3.05) is 26.7 Å². The molecule has 1 saturated carbocycles. The van der Waals surface area contributed by atoms with Gasteiger partial charge in [0.2, 0.25) is 5.92 Å². The molecule has 1 atom stereocenters. The number of halogens is 2. The van der Waals surface area contributed by atoms with Gasteiger partial charge in [0.05, 0.1) is 5.69 Å². The van der Waals surface area contributed by atoms with E-state index in [1.165, 1.54) is 0 Å². The summed E-state index contributed by atoms with van der Waals surface area (Å²) in [4.78, 5) is 14.2. The lowest BCUT2D eigenvalue weighted by Crippen LogP contribution is -2.36. The van der Waals surface area contributed by atoms with E-state index in [-0.39, 0.29) is 30.6 Å². The van der Waals surface area contributed by atoms with Gasteiger partial charge in [0.15, 0.2) is 5.69 Å². The van der Waals surface area contributed by atoms with Crippen LogP contribution in [0.5, 0.6) is 0 Å². The molecule has 8 heteroatoms. The Morgan fingerprint density at radius 1 is 1.30 bits per heavy atom. The van der Waals surface area contributed by atoms with Crippen molar-refractivity contribution < 1.29 is 13.6 Å². The fourth-order valence-corrected chi connectivity index (χ4v) is 3.50. The van der Waals surface area contributed by atoms with Gasteiger partial charge in [-0.25, -0.2) is 8.78 Å². The number of aromatic nitrogens is 3. The van der Waals surface area contributed by atoms with E-state index in [2.05, 4.69) is 20.7 Å². The molecule has 2 fully saturated rings. The Kier molecular flexibility index (Phi) is 4.61. The summed E-state index contributed by atoms with van der Waals surface area (Å²) in [5, 5.41) is 14.0. The van der Waals surface area contributed by atoms with E-state index in [1.54, 1.807) is 11.9 Å². The number of carbonyl (C=O) groups excluding carboxylic acids is 1. The molecule has 2 heterocycles. The molecule has 128 valence electrons. The predicted molar refractivity (Wildman–Crippen MR) is 80.5 cm³/mol. The molecule has 1 aromatic rings. The summed E-state index contributed by atoms with van der Waals surface area (Å²) >= 11 is 0. The minimum Gasteiger partial charge on any atom is -0.340 e. The van der Waals surface area contributed by atoms with Crippen LogP contribution in [0.15, 0.2) is 0 Å². The molecular weight excluding hydrogens is 304 g/mol. The molecule has 1 saturated heterocycles. The fourth-order valence-electron chi connectivity index (χ4n) is 3.50. The Bertz CT molecular complexity index is 546. The van der Waals surface area contributed by atoms with E-state index >= 15 is 0 Å². The maximum absolute atomic E-state index is 13.2. The number of nitrogens with one attached hydrogen (secondary N) is 2. The van der Waals surface area contributed by atoms with Gasteiger partial charge in [-0.1, -0.05) is 0 Å². The molecule has 6 nitrogen and oxygen atoms in total. The normalized spacial score (nSPS) is 24.7. The van der Waals surface area contributed by atoms with Crippen molar-refractivity contribution in [2.45, 2.75) is 43.9 Å². The second-order valence-electron chi connectivity index (χ2n) is 6.73. The SMILES string of the molecule is CN(CC1CCC(F)(F)CC1)C(=O)c1n[nH]nc1C1CCNC1. The van der Waals surface area contributed by atoms with Gasteiger partial charge in [0.1, 0.15) is 0 Å². The first kappa shape index (κ1) is 16.3. The van der Waals surface area contributed by atoms with Gasteiger partial charge in [-0.2, -0.15) is 15.4 Å². The molecule has 0 aromatic carbocycles. The quantitative estimate of drug-likeness (QED) is 0.884. The van der Waals surface area contributed by atoms with Crippen LogP contribution in [0.2, 0.25) is 0 Å². The van der Waals surface area contributed by atoms with Crippen molar-refractivity contribution >= 4 is 5.91 Å². The first-order chi connectivity index (χ1) is 11.0. The number of H-pyrrole nitrogens is 1. The van der Waals surface area contributed by atoms with Crippen LogP contribution in [0.25, 0.3) is 0 Å². The largest absolute Gasteiger partial charge is 0.340 e.